The first-order chi connectivity index (χ1) is 13.8. The van der Waals surface area contributed by atoms with Gasteiger partial charge in [0.15, 0.2) is 20.6 Å². The molecule has 4 rings (SSSR count). The first kappa shape index (κ1) is 19.8. The van der Waals surface area contributed by atoms with Gasteiger partial charge in [0.05, 0.1) is 15.8 Å². The van der Waals surface area contributed by atoms with Gasteiger partial charge in [-0.3, -0.25) is 4.79 Å². The number of furan rings is 1. The second-order valence-corrected chi connectivity index (χ2v) is 10.5. The Morgan fingerprint density at radius 3 is 2.41 bits per heavy atom. The van der Waals surface area contributed by atoms with Crippen LogP contribution < -0.4 is 5.32 Å². The van der Waals surface area contributed by atoms with E-state index in [-0.39, 0.29) is 11.2 Å². The molecule has 1 aliphatic carbocycles. The Kier molecular flexibility index (Phi) is 5.31. The summed E-state index contributed by atoms with van der Waals surface area (Å²) < 4.78 is 30.9. The number of aryl methyl sites for hydroxylation is 2. The lowest BCUT2D eigenvalue weighted by atomic mass is 10.3. The zero-order valence-electron chi connectivity index (χ0n) is 16.3. The topological polar surface area (TPSA) is 89.3 Å². The molecule has 1 aliphatic rings. The molecule has 0 unspecified atom stereocenters. The van der Waals surface area contributed by atoms with Crippen molar-refractivity contribution < 1.29 is 17.6 Å². The number of aromatic nitrogens is 1. The van der Waals surface area contributed by atoms with Crippen LogP contribution in [0.2, 0.25) is 0 Å². The van der Waals surface area contributed by atoms with Crippen LogP contribution in [-0.2, 0) is 9.84 Å². The number of benzene rings is 1. The van der Waals surface area contributed by atoms with Crippen LogP contribution in [0.25, 0.3) is 10.8 Å². The molecule has 2 aromatic heterocycles. The molecule has 29 heavy (non-hydrogen) atoms. The van der Waals surface area contributed by atoms with Gasteiger partial charge in [-0.05, 0) is 63.1 Å². The molecule has 1 saturated carbocycles. The van der Waals surface area contributed by atoms with Crippen molar-refractivity contribution >= 4 is 32.8 Å². The smallest absolute Gasteiger partial charge is 0.267 e. The van der Waals surface area contributed by atoms with Crippen molar-refractivity contribution in [1.82, 2.24) is 4.98 Å². The minimum absolute atomic E-state index is 0.277. The summed E-state index contributed by atoms with van der Waals surface area (Å²) in [5.41, 5.74) is 1.17. The predicted octanol–water partition coefficient (Wildman–Crippen LogP) is 4.99. The average Bonchev–Trinajstić information content (AvgIpc) is 3.43. The lowest BCUT2D eigenvalue weighted by molar-refractivity contribution is 0.103. The van der Waals surface area contributed by atoms with Crippen LogP contribution in [0, 0.1) is 13.8 Å². The zero-order chi connectivity index (χ0) is 20.6. The Morgan fingerprint density at radius 2 is 1.79 bits per heavy atom. The molecular weight excluding hydrogens is 408 g/mol. The molecule has 8 heteroatoms. The van der Waals surface area contributed by atoms with Crippen molar-refractivity contribution in [3.05, 3.63) is 52.7 Å². The summed E-state index contributed by atoms with van der Waals surface area (Å²) in [6, 6.07) is 10.1. The van der Waals surface area contributed by atoms with Crippen molar-refractivity contribution in [2.24, 2.45) is 0 Å². The van der Waals surface area contributed by atoms with Crippen LogP contribution in [0.15, 0.2) is 45.7 Å². The quantitative estimate of drug-likeness (QED) is 0.616. The number of nitrogens with one attached hydrogen (secondary N) is 1. The molecule has 3 aromatic rings. The summed E-state index contributed by atoms with van der Waals surface area (Å²) in [6.45, 7) is 3.64. The molecule has 0 aliphatic heterocycles. The van der Waals surface area contributed by atoms with E-state index in [0.29, 0.717) is 31.9 Å². The number of nitrogens with zero attached hydrogens (tertiary/aromatic N) is 1. The first-order valence-electron chi connectivity index (χ1n) is 9.54. The largest absolute Gasteiger partial charge is 0.459 e. The fraction of sp³-hybridized carbons (Fsp3) is 0.333. The van der Waals surface area contributed by atoms with Gasteiger partial charge in [-0.15, -0.1) is 11.3 Å². The third-order valence-corrected chi connectivity index (χ3v) is 8.58. The van der Waals surface area contributed by atoms with E-state index in [1.165, 1.54) is 11.3 Å². The van der Waals surface area contributed by atoms with E-state index in [0.717, 1.165) is 31.4 Å². The summed E-state index contributed by atoms with van der Waals surface area (Å²) in [5.74, 6) is 1.14. The van der Waals surface area contributed by atoms with Gasteiger partial charge in [-0.25, -0.2) is 13.4 Å². The van der Waals surface area contributed by atoms with Gasteiger partial charge >= 0.3 is 0 Å². The minimum atomic E-state index is -3.30. The van der Waals surface area contributed by atoms with E-state index in [1.54, 1.807) is 31.2 Å². The van der Waals surface area contributed by atoms with Crippen LogP contribution in [0.1, 0.15) is 46.8 Å². The Bertz CT molecular complexity index is 1140. The van der Waals surface area contributed by atoms with Gasteiger partial charge in [0.25, 0.3) is 5.91 Å². The molecule has 0 spiro atoms. The van der Waals surface area contributed by atoms with Gasteiger partial charge in [0, 0.05) is 5.69 Å². The third kappa shape index (κ3) is 4.00. The number of thiazole rings is 1. The normalized spacial score (nSPS) is 15.0. The van der Waals surface area contributed by atoms with Crippen molar-refractivity contribution in [2.75, 3.05) is 5.32 Å². The minimum Gasteiger partial charge on any atom is -0.459 e. The molecule has 1 fully saturated rings. The van der Waals surface area contributed by atoms with E-state index in [1.807, 2.05) is 19.1 Å². The Morgan fingerprint density at radius 1 is 1.10 bits per heavy atom. The second kappa shape index (κ2) is 7.76. The summed E-state index contributed by atoms with van der Waals surface area (Å²) >= 11 is 1.26. The van der Waals surface area contributed by atoms with Gasteiger partial charge in [0.1, 0.15) is 10.6 Å². The number of sulfone groups is 1. The maximum Gasteiger partial charge on any atom is 0.267 e. The highest BCUT2D eigenvalue weighted by atomic mass is 32.2. The van der Waals surface area contributed by atoms with Crippen molar-refractivity contribution in [3.63, 3.8) is 0 Å². The van der Waals surface area contributed by atoms with Gasteiger partial charge in [-0.1, -0.05) is 12.8 Å². The van der Waals surface area contributed by atoms with Crippen molar-refractivity contribution in [2.45, 2.75) is 49.7 Å². The summed E-state index contributed by atoms with van der Waals surface area (Å²) in [4.78, 5) is 17.9. The maximum atomic E-state index is 12.7. The number of rotatable bonds is 5. The number of amides is 1. The fourth-order valence-electron chi connectivity index (χ4n) is 3.57. The Labute approximate surface area is 173 Å². The number of hydrogen-bond donors (Lipinski definition) is 1. The van der Waals surface area contributed by atoms with Crippen LogP contribution in [-0.4, -0.2) is 24.6 Å². The summed E-state index contributed by atoms with van der Waals surface area (Å²) in [5, 5.41) is 3.19. The summed E-state index contributed by atoms with van der Waals surface area (Å²) in [6.07, 6.45) is 3.38. The van der Waals surface area contributed by atoms with Crippen LogP contribution in [0.5, 0.6) is 0 Å². The first-order valence-corrected chi connectivity index (χ1v) is 11.9. The molecular formula is C21H22N2O4S2. The SMILES string of the molecule is Cc1ccc(-c2nc(C)c(C(=O)Nc3ccc(S(=O)(=O)C4CCCC4)cc3)s2)o1. The average molecular weight is 431 g/mol. The standard InChI is InChI=1S/C21H22N2O4S2/c1-13-7-12-18(27-13)21-22-14(2)19(28-21)20(24)23-15-8-10-17(11-9-15)29(25,26)16-5-3-4-6-16/h7-12,16H,3-6H2,1-2H3,(H,23,24). The van der Waals surface area contributed by atoms with E-state index in [4.69, 9.17) is 4.42 Å². The number of carbonyl (C=O) groups is 1. The van der Waals surface area contributed by atoms with Crippen molar-refractivity contribution in [3.8, 4) is 10.8 Å². The van der Waals surface area contributed by atoms with Gasteiger partial charge in [-0.2, -0.15) is 0 Å². The zero-order valence-corrected chi connectivity index (χ0v) is 17.9. The molecule has 0 bridgehead atoms. The maximum absolute atomic E-state index is 12.7. The van der Waals surface area contributed by atoms with Crippen LogP contribution >= 0.6 is 11.3 Å². The molecule has 0 radical (unpaired) electrons. The van der Waals surface area contributed by atoms with E-state index in [9.17, 15) is 13.2 Å². The predicted molar refractivity (Wildman–Crippen MR) is 113 cm³/mol. The number of hydrogen-bond acceptors (Lipinski definition) is 6. The fourth-order valence-corrected chi connectivity index (χ4v) is 6.35. The lowest BCUT2D eigenvalue weighted by Gasteiger charge is -2.12. The molecule has 0 atom stereocenters. The van der Waals surface area contributed by atoms with Crippen LogP contribution in [0.3, 0.4) is 0 Å². The Hall–Kier alpha value is -2.45. The highest BCUT2D eigenvalue weighted by Gasteiger charge is 2.30. The van der Waals surface area contributed by atoms with Gasteiger partial charge in [0.2, 0.25) is 0 Å². The molecule has 6 nitrogen and oxygen atoms in total. The molecule has 1 aromatic carbocycles. The highest BCUT2D eigenvalue weighted by Crippen LogP contribution is 2.31. The Balaban J connectivity index is 1.50. The highest BCUT2D eigenvalue weighted by molar-refractivity contribution is 7.92. The van der Waals surface area contributed by atoms with Crippen molar-refractivity contribution in [1.29, 1.82) is 0 Å². The molecule has 2 heterocycles. The lowest BCUT2D eigenvalue weighted by Crippen LogP contribution is -2.18. The van der Waals surface area contributed by atoms with E-state index in [2.05, 4.69) is 10.3 Å². The number of carbonyl (C=O) groups excluding carboxylic acids is 1. The third-order valence-electron chi connectivity index (χ3n) is 5.14. The van der Waals surface area contributed by atoms with E-state index < -0.39 is 9.84 Å². The summed E-state index contributed by atoms with van der Waals surface area (Å²) in [7, 11) is -3.30. The molecule has 1 N–H and O–H groups in total. The number of anilines is 1. The monoisotopic (exact) mass is 430 g/mol. The second-order valence-electron chi connectivity index (χ2n) is 7.27. The molecule has 1 amide bonds. The van der Waals surface area contributed by atoms with E-state index >= 15 is 0 Å². The molecule has 0 saturated heterocycles. The van der Waals surface area contributed by atoms with Crippen LogP contribution in [0.4, 0.5) is 5.69 Å². The molecule has 152 valence electrons. The van der Waals surface area contributed by atoms with Gasteiger partial charge < -0.3 is 9.73 Å².